The Bertz CT molecular complexity index is 1440. The Hall–Kier alpha value is -3.65. The van der Waals surface area contributed by atoms with Gasteiger partial charge in [-0.3, -0.25) is 0 Å². The summed E-state index contributed by atoms with van der Waals surface area (Å²) < 4.78 is 35.3. The van der Waals surface area contributed by atoms with Crippen molar-refractivity contribution in [3.63, 3.8) is 0 Å². The molecule has 0 aliphatic rings. The number of ether oxygens (including phenoxy) is 2. The number of methoxy groups -OCH3 is 2. The summed E-state index contributed by atoms with van der Waals surface area (Å²) in [6.07, 6.45) is 1.23. The minimum absolute atomic E-state index is 0.313. The summed E-state index contributed by atoms with van der Waals surface area (Å²) in [4.78, 5) is 9.41. The number of sulfone groups is 1. The smallest absolute Gasteiger partial charge is 0.176 e. The molecule has 1 N–H and O–H groups in total. The van der Waals surface area contributed by atoms with Gasteiger partial charge in [-0.15, -0.1) is 0 Å². The Labute approximate surface area is 193 Å². The fraction of sp³-hybridized carbons (Fsp3) is 0.200. The number of nitrogens with zero attached hydrogens (tertiary/aromatic N) is 2. The van der Waals surface area contributed by atoms with E-state index < -0.39 is 9.84 Å². The van der Waals surface area contributed by atoms with Crippen LogP contribution in [-0.2, 0) is 16.4 Å². The Morgan fingerprint density at radius 1 is 0.909 bits per heavy atom. The zero-order chi connectivity index (χ0) is 23.6. The van der Waals surface area contributed by atoms with Crippen molar-refractivity contribution in [2.24, 2.45) is 0 Å². The molecule has 0 saturated heterocycles. The SMILES string of the molecule is COc1cc2nc(C)nc(NCc3cccc(-c4ccccc4S(C)(=O)=O)c3)c2cc1OC. The summed E-state index contributed by atoms with van der Waals surface area (Å²) in [5.74, 6) is 2.51. The van der Waals surface area contributed by atoms with E-state index in [9.17, 15) is 8.42 Å². The molecule has 8 heteroatoms. The van der Waals surface area contributed by atoms with Gasteiger partial charge in [0.25, 0.3) is 0 Å². The molecule has 0 spiro atoms. The van der Waals surface area contributed by atoms with Crippen LogP contribution in [0.5, 0.6) is 11.5 Å². The molecule has 4 aromatic rings. The summed E-state index contributed by atoms with van der Waals surface area (Å²) in [5, 5.41) is 4.21. The second-order valence-electron chi connectivity index (χ2n) is 7.67. The molecule has 0 atom stereocenters. The monoisotopic (exact) mass is 463 g/mol. The lowest BCUT2D eigenvalue weighted by Gasteiger charge is -2.14. The average molecular weight is 464 g/mol. The predicted molar refractivity (Wildman–Crippen MR) is 130 cm³/mol. The van der Waals surface area contributed by atoms with E-state index in [2.05, 4.69) is 15.3 Å². The van der Waals surface area contributed by atoms with Gasteiger partial charge in [0, 0.05) is 29.8 Å². The van der Waals surface area contributed by atoms with Crippen LogP contribution in [0.4, 0.5) is 5.82 Å². The Kier molecular flexibility index (Phi) is 6.20. The third-order valence-corrected chi connectivity index (χ3v) is 6.45. The van der Waals surface area contributed by atoms with Crippen LogP contribution >= 0.6 is 0 Å². The molecule has 1 heterocycles. The third kappa shape index (κ3) is 4.75. The highest BCUT2D eigenvalue weighted by Gasteiger charge is 2.15. The highest BCUT2D eigenvalue weighted by atomic mass is 32.2. The molecule has 0 saturated carbocycles. The maximum absolute atomic E-state index is 12.2. The lowest BCUT2D eigenvalue weighted by molar-refractivity contribution is 0.356. The van der Waals surface area contributed by atoms with Crippen LogP contribution in [0.25, 0.3) is 22.0 Å². The number of fused-ring (bicyclic) bond motifs is 1. The van der Waals surface area contributed by atoms with Crippen molar-refractivity contribution in [3.8, 4) is 22.6 Å². The fourth-order valence-corrected chi connectivity index (χ4v) is 4.68. The number of aryl methyl sites for hydroxylation is 1. The number of anilines is 1. The number of aromatic nitrogens is 2. The van der Waals surface area contributed by atoms with E-state index in [1.54, 1.807) is 26.4 Å². The van der Waals surface area contributed by atoms with Crippen molar-refractivity contribution in [1.29, 1.82) is 0 Å². The number of benzene rings is 3. The van der Waals surface area contributed by atoms with Gasteiger partial charge < -0.3 is 14.8 Å². The standard InChI is InChI=1S/C25H25N3O4S/c1-16-27-21-14-23(32-3)22(31-2)13-20(21)25(28-16)26-15-17-8-7-9-18(12-17)19-10-5-6-11-24(19)33(4,29)30/h5-14H,15H2,1-4H3,(H,26,27,28). The first-order valence-electron chi connectivity index (χ1n) is 10.3. The zero-order valence-corrected chi connectivity index (χ0v) is 19.7. The molecule has 0 aliphatic carbocycles. The van der Waals surface area contributed by atoms with Crippen LogP contribution in [0, 0.1) is 6.92 Å². The quantitative estimate of drug-likeness (QED) is 0.427. The predicted octanol–water partition coefficient (Wildman–Crippen LogP) is 4.64. The topological polar surface area (TPSA) is 90.4 Å². The molecule has 7 nitrogen and oxygen atoms in total. The second-order valence-corrected chi connectivity index (χ2v) is 9.65. The molecule has 1 aromatic heterocycles. The molecular weight excluding hydrogens is 438 g/mol. The zero-order valence-electron chi connectivity index (χ0n) is 18.9. The first kappa shape index (κ1) is 22.5. The molecule has 0 amide bonds. The molecule has 3 aromatic carbocycles. The van der Waals surface area contributed by atoms with Crippen molar-refractivity contribution in [2.75, 3.05) is 25.8 Å². The maximum atomic E-state index is 12.2. The highest BCUT2D eigenvalue weighted by molar-refractivity contribution is 7.90. The first-order valence-corrected chi connectivity index (χ1v) is 12.2. The number of nitrogens with one attached hydrogen (secondary N) is 1. The van der Waals surface area contributed by atoms with Gasteiger partial charge in [-0.25, -0.2) is 18.4 Å². The van der Waals surface area contributed by atoms with E-state index in [4.69, 9.17) is 9.47 Å². The van der Waals surface area contributed by atoms with Crippen LogP contribution < -0.4 is 14.8 Å². The molecule has 0 aliphatic heterocycles. The van der Waals surface area contributed by atoms with Gasteiger partial charge in [-0.1, -0.05) is 36.4 Å². The summed E-state index contributed by atoms with van der Waals surface area (Å²) in [6, 6.07) is 18.5. The van der Waals surface area contributed by atoms with Crippen molar-refractivity contribution < 1.29 is 17.9 Å². The van der Waals surface area contributed by atoms with E-state index in [-0.39, 0.29) is 0 Å². The molecule has 0 bridgehead atoms. The van der Waals surface area contributed by atoms with Gasteiger partial charge in [0.15, 0.2) is 21.3 Å². The normalized spacial score (nSPS) is 11.4. The molecular formula is C25H25N3O4S. The molecule has 33 heavy (non-hydrogen) atoms. The molecule has 170 valence electrons. The summed E-state index contributed by atoms with van der Waals surface area (Å²) >= 11 is 0. The van der Waals surface area contributed by atoms with Crippen molar-refractivity contribution >= 4 is 26.6 Å². The van der Waals surface area contributed by atoms with Gasteiger partial charge in [-0.2, -0.15) is 0 Å². The van der Waals surface area contributed by atoms with Gasteiger partial charge in [0.05, 0.1) is 24.6 Å². The van der Waals surface area contributed by atoms with Crippen molar-refractivity contribution in [1.82, 2.24) is 9.97 Å². The van der Waals surface area contributed by atoms with Crippen LogP contribution in [-0.4, -0.2) is 38.9 Å². The maximum Gasteiger partial charge on any atom is 0.176 e. The highest BCUT2D eigenvalue weighted by Crippen LogP contribution is 2.34. The molecule has 0 fully saturated rings. The first-order chi connectivity index (χ1) is 15.8. The van der Waals surface area contributed by atoms with Crippen LogP contribution in [0.2, 0.25) is 0 Å². The van der Waals surface area contributed by atoms with E-state index in [1.165, 1.54) is 6.26 Å². The van der Waals surface area contributed by atoms with E-state index in [0.29, 0.717) is 40.1 Å². The minimum atomic E-state index is -3.35. The average Bonchev–Trinajstić information content (AvgIpc) is 2.81. The molecule has 4 rings (SSSR count). The minimum Gasteiger partial charge on any atom is -0.493 e. The third-order valence-electron chi connectivity index (χ3n) is 5.30. The van der Waals surface area contributed by atoms with Crippen LogP contribution in [0.15, 0.2) is 65.6 Å². The number of hydrogen-bond donors (Lipinski definition) is 1. The van der Waals surface area contributed by atoms with Crippen LogP contribution in [0.1, 0.15) is 11.4 Å². The number of hydrogen-bond acceptors (Lipinski definition) is 7. The lowest BCUT2D eigenvalue weighted by Crippen LogP contribution is -2.05. The van der Waals surface area contributed by atoms with E-state index >= 15 is 0 Å². The van der Waals surface area contributed by atoms with E-state index in [1.807, 2.05) is 55.5 Å². The second kappa shape index (κ2) is 9.07. The number of rotatable bonds is 7. The van der Waals surface area contributed by atoms with Crippen molar-refractivity contribution in [3.05, 3.63) is 72.1 Å². The van der Waals surface area contributed by atoms with Gasteiger partial charge >= 0.3 is 0 Å². The van der Waals surface area contributed by atoms with Crippen LogP contribution in [0.3, 0.4) is 0 Å². The molecule has 0 radical (unpaired) electrons. The Morgan fingerprint density at radius 3 is 2.36 bits per heavy atom. The van der Waals surface area contributed by atoms with Gasteiger partial charge in [0.2, 0.25) is 0 Å². The Balaban J connectivity index is 1.68. The largest absolute Gasteiger partial charge is 0.493 e. The summed E-state index contributed by atoms with van der Waals surface area (Å²) in [7, 11) is -0.168. The summed E-state index contributed by atoms with van der Waals surface area (Å²) in [6.45, 7) is 2.33. The van der Waals surface area contributed by atoms with Crippen molar-refractivity contribution in [2.45, 2.75) is 18.4 Å². The van der Waals surface area contributed by atoms with Gasteiger partial charge in [0.1, 0.15) is 11.6 Å². The van der Waals surface area contributed by atoms with E-state index in [0.717, 1.165) is 22.0 Å². The Morgan fingerprint density at radius 2 is 1.64 bits per heavy atom. The lowest BCUT2D eigenvalue weighted by atomic mass is 10.0. The summed E-state index contributed by atoms with van der Waals surface area (Å²) in [5.41, 5.74) is 3.26. The van der Waals surface area contributed by atoms with Gasteiger partial charge in [-0.05, 0) is 36.2 Å². The fourth-order valence-electron chi connectivity index (χ4n) is 3.77. The molecule has 0 unspecified atom stereocenters.